The molecule has 0 saturated carbocycles. The molecule has 2 aromatic rings. The Hall–Kier alpha value is -2.64. The van der Waals surface area contributed by atoms with E-state index in [1.54, 1.807) is 0 Å². The Bertz CT molecular complexity index is 802. The molecule has 144 valence electrons. The minimum atomic E-state index is -0.0927. The Balaban J connectivity index is 1.42. The third-order valence-electron chi connectivity index (χ3n) is 5.19. The first-order valence-electron chi connectivity index (χ1n) is 9.56. The summed E-state index contributed by atoms with van der Waals surface area (Å²) in [5, 5.41) is 12.3. The predicted octanol–water partition coefficient (Wildman–Crippen LogP) is 2.09. The fourth-order valence-electron chi connectivity index (χ4n) is 3.71. The van der Waals surface area contributed by atoms with Crippen molar-refractivity contribution in [1.82, 2.24) is 20.3 Å². The summed E-state index contributed by atoms with van der Waals surface area (Å²) < 4.78 is 11.4. The molecule has 0 radical (unpaired) electrons. The minimum absolute atomic E-state index is 0.0516. The fourth-order valence-corrected chi connectivity index (χ4v) is 3.71. The summed E-state index contributed by atoms with van der Waals surface area (Å²) in [5.41, 5.74) is 1.49. The average Bonchev–Trinajstić information content (AvgIpc) is 3.12. The van der Waals surface area contributed by atoms with E-state index in [0.29, 0.717) is 24.7 Å². The SMILES string of the molecule is CN(C)c1ccc(OC2CCCN(C(=O)c3noc4c3CCCC4)C2)nn1. The van der Waals surface area contributed by atoms with Gasteiger partial charge >= 0.3 is 0 Å². The Kier molecular flexibility index (Phi) is 4.96. The Morgan fingerprint density at radius 3 is 2.85 bits per heavy atom. The molecule has 1 aliphatic heterocycles. The summed E-state index contributed by atoms with van der Waals surface area (Å²) in [6, 6.07) is 3.69. The molecule has 1 atom stereocenters. The smallest absolute Gasteiger partial charge is 0.276 e. The Morgan fingerprint density at radius 2 is 2.07 bits per heavy atom. The standard InChI is InChI=1S/C19H25N5O3/c1-23(2)16-9-10-17(21-20-16)26-13-6-5-11-24(12-13)19(25)18-14-7-3-4-8-15(14)27-22-18/h9-10,13H,3-8,11-12H2,1-2H3. The number of rotatable bonds is 4. The van der Waals surface area contributed by atoms with E-state index in [1.165, 1.54) is 0 Å². The maximum atomic E-state index is 13.0. The van der Waals surface area contributed by atoms with Crippen LogP contribution < -0.4 is 9.64 Å². The number of nitrogens with zero attached hydrogens (tertiary/aromatic N) is 5. The van der Waals surface area contributed by atoms with Gasteiger partial charge in [-0.05, 0) is 38.2 Å². The van der Waals surface area contributed by atoms with Crippen LogP contribution in [0.25, 0.3) is 0 Å². The van der Waals surface area contributed by atoms with Crippen molar-refractivity contribution in [1.29, 1.82) is 0 Å². The minimum Gasteiger partial charge on any atom is -0.471 e. The number of anilines is 1. The highest BCUT2D eigenvalue weighted by Gasteiger charge is 2.31. The quantitative estimate of drug-likeness (QED) is 0.813. The number of carbonyl (C=O) groups is 1. The van der Waals surface area contributed by atoms with E-state index in [2.05, 4.69) is 15.4 Å². The highest BCUT2D eigenvalue weighted by atomic mass is 16.5. The van der Waals surface area contributed by atoms with Crippen LogP contribution in [0.2, 0.25) is 0 Å². The number of aromatic nitrogens is 3. The first-order chi connectivity index (χ1) is 13.1. The molecule has 1 amide bonds. The van der Waals surface area contributed by atoms with Gasteiger partial charge in [0, 0.05) is 38.7 Å². The first kappa shape index (κ1) is 17.8. The topological polar surface area (TPSA) is 84.6 Å². The lowest BCUT2D eigenvalue weighted by molar-refractivity contribution is 0.0516. The summed E-state index contributed by atoms with van der Waals surface area (Å²) in [4.78, 5) is 16.7. The molecule has 0 spiro atoms. The molecule has 3 heterocycles. The fraction of sp³-hybridized carbons (Fsp3) is 0.579. The van der Waals surface area contributed by atoms with E-state index in [1.807, 2.05) is 36.0 Å². The van der Waals surface area contributed by atoms with Crippen LogP contribution in [0.4, 0.5) is 5.82 Å². The van der Waals surface area contributed by atoms with Gasteiger partial charge in [-0.15, -0.1) is 10.2 Å². The second kappa shape index (κ2) is 7.54. The molecule has 1 unspecified atom stereocenters. The van der Waals surface area contributed by atoms with Gasteiger partial charge in [0.25, 0.3) is 5.91 Å². The van der Waals surface area contributed by atoms with E-state index >= 15 is 0 Å². The van der Waals surface area contributed by atoms with Gasteiger partial charge in [-0.25, -0.2) is 0 Å². The van der Waals surface area contributed by atoms with Crippen LogP contribution in [0.5, 0.6) is 5.88 Å². The zero-order chi connectivity index (χ0) is 18.8. The van der Waals surface area contributed by atoms with Gasteiger partial charge in [0.1, 0.15) is 11.9 Å². The number of piperidine rings is 1. The van der Waals surface area contributed by atoms with E-state index in [0.717, 1.165) is 55.7 Å². The van der Waals surface area contributed by atoms with Crippen molar-refractivity contribution in [2.75, 3.05) is 32.1 Å². The van der Waals surface area contributed by atoms with Crippen LogP contribution in [0, 0.1) is 0 Å². The maximum Gasteiger partial charge on any atom is 0.276 e. The Morgan fingerprint density at radius 1 is 1.22 bits per heavy atom. The Labute approximate surface area is 158 Å². The van der Waals surface area contributed by atoms with Gasteiger partial charge in [0.05, 0.1) is 6.54 Å². The zero-order valence-electron chi connectivity index (χ0n) is 15.8. The van der Waals surface area contributed by atoms with E-state index < -0.39 is 0 Å². The summed E-state index contributed by atoms with van der Waals surface area (Å²) in [6.07, 6.45) is 5.62. The number of carbonyl (C=O) groups excluding carboxylic acids is 1. The highest BCUT2D eigenvalue weighted by molar-refractivity contribution is 5.94. The van der Waals surface area contributed by atoms with Gasteiger partial charge in [-0.3, -0.25) is 4.79 Å². The summed E-state index contributed by atoms with van der Waals surface area (Å²) in [7, 11) is 3.83. The second-order valence-electron chi connectivity index (χ2n) is 7.40. The van der Waals surface area contributed by atoms with Crippen LogP contribution >= 0.6 is 0 Å². The molecule has 8 heteroatoms. The van der Waals surface area contributed by atoms with Crippen LogP contribution in [-0.4, -0.2) is 59.4 Å². The van der Waals surface area contributed by atoms with Crippen molar-refractivity contribution in [3.05, 3.63) is 29.2 Å². The van der Waals surface area contributed by atoms with Crippen molar-refractivity contribution in [2.24, 2.45) is 0 Å². The maximum absolute atomic E-state index is 13.0. The number of ether oxygens (including phenoxy) is 1. The van der Waals surface area contributed by atoms with Crippen molar-refractivity contribution in [3.63, 3.8) is 0 Å². The first-order valence-corrected chi connectivity index (χ1v) is 9.56. The number of aryl methyl sites for hydroxylation is 1. The van der Waals surface area contributed by atoms with Crippen LogP contribution in [0.15, 0.2) is 16.7 Å². The molecule has 27 heavy (non-hydrogen) atoms. The van der Waals surface area contributed by atoms with Crippen molar-refractivity contribution >= 4 is 11.7 Å². The molecule has 1 fully saturated rings. The van der Waals surface area contributed by atoms with Gasteiger partial charge in [0.15, 0.2) is 11.5 Å². The summed E-state index contributed by atoms with van der Waals surface area (Å²) in [5.74, 6) is 2.09. The summed E-state index contributed by atoms with van der Waals surface area (Å²) in [6.45, 7) is 1.24. The van der Waals surface area contributed by atoms with Gasteiger partial charge in [-0.2, -0.15) is 0 Å². The third kappa shape index (κ3) is 3.74. The highest BCUT2D eigenvalue weighted by Crippen LogP contribution is 2.26. The molecule has 1 saturated heterocycles. The largest absolute Gasteiger partial charge is 0.471 e. The van der Waals surface area contributed by atoms with Crippen molar-refractivity contribution < 1.29 is 14.1 Å². The number of hydrogen-bond acceptors (Lipinski definition) is 7. The normalized spacial score (nSPS) is 19.5. The lowest BCUT2D eigenvalue weighted by Crippen LogP contribution is -2.44. The van der Waals surface area contributed by atoms with Gasteiger partial charge < -0.3 is 19.1 Å². The van der Waals surface area contributed by atoms with Gasteiger partial charge in [-0.1, -0.05) is 5.16 Å². The number of fused-ring (bicyclic) bond motifs is 1. The molecule has 0 aromatic carbocycles. The molecule has 8 nitrogen and oxygen atoms in total. The molecule has 4 rings (SSSR count). The molecule has 1 aliphatic carbocycles. The molecular formula is C19H25N5O3. The van der Waals surface area contributed by atoms with E-state index in [9.17, 15) is 4.79 Å². The van der Waals surface area contributed by atoms with Crippen LogP contribution in [-0.2, 0) is 12.8 Å². The van der Waals surface area contributed by atoms with Crippen molar-refractivity contribution in [2.45, 2.75) is 44.6 Å². The zero-order valence-corrected chi connectivity index (χ0v) is 15.8. The molecule has 0 N–H and O–H groups in total. The van der Waals surface area contributed by atoms with Crippen LogP contribution in [0.1, 0.15) is 47.5 Å². The molecule has 2 aromatic heterocycles. The molecule has 2 aliphatic rings. The average molecular weight is 371 g/mol. The number of hydrogen-bond donors (Lipinski definition) is 0. The van der Waals surface area contributed by atoms with Gasteiger partial charge in [0.2, 0.25) is 5.88 Å². The monoisotopic (exact) mass is 371 g/mol. The summed E-state index contributed by atoms with van der Waals surface area (Å²) >= 11 is 0. The second-order valence-corrected chi connectivity index (χ2v) is 7.40. The molecular weight excluding hydrogens is 346 g/mol. The van der Waals surface area contributed by atoms with E-state index in [4.69, 9.17) is 9.26 Å². The number of likely N-dealkylation sites (tertiary alicyclic amines) is 1. The lowest BCUT2D eigenvalue weighted by Gasteiger charge is -2.32. The lowest BCUT2D eigenvalue weighted by atomic mass is 9.96. The van der Waals surface area contributed by atoms with Crippen LogP contribution in [0.3, 0.4) is 0 Å². The van der Waals surface area contributed by atoms with Crippen molar-refractivity contribution in [3.8, 4) is 5.88 Å². The predicted molar refractivity (Wildman–Crippen MR) is 99.1 cm³/mol. The number of amides is 1. The third-order valence-corrected chi connectivity index (χ3v) is 5.19. The molecule has 0 bridgehead atoms. The van der Waals surface area contributed by atoms with E-state index in [-0.39, 0.29) is 12.0 Å².